The molecule has 1 aliphatic heterocycles. The van der Waals surface area contributed by atoms with E-state index in [9.17, 15) is 5.11 Å². The first-order valence-corrected chi connectivity index (χ1v) is 7.72. The van der Waals surface area contributed by atoms with Crippen LogP contribution in [0.15, 0.2) is 12.1 Å². The van der Waals surface area contributed by atoms with Crippen LogP contribution in [0.4, 0.5) is 11.5 Å². The molecule has 1 aliphatic carbocycles. The number of hydrogen-bond acceptors (Lipinski definition) is 5. The molecule has 2 heterocycles. The zero-order valence-corrected chi connectivity index (χ0v) is 13.0. The first-order valence-electron chi connectivity index (χ1n) is 7.72. The third-order valence-corrected chi connectivity index (χ3v) is 4.42. The van der Waals surface area contributed by atoms with E-state index in [1.165, 1.54) is 0 Å². The van der Waals surface area contributed by atoms with Crippen molar-refractivity contribution in [2.45, 2.75) is 45.3 Å². The third kappa shape index (κ3) is 2.93. The van der Waals surface area contributed by atoms with Gasteiger partial charge in [-0.05, 0) is 51.7 Å². The highest BCUT2D eigenvalue weighted by Crippen LogP contribution is 2.40. The Kier molecular flexibility index (Phi) is 3.48. The summed E-state index contributed by atoms with van der Waals surface area (Å²) in [5.74, 6) is 2.37. The molecule has 21 heavy (non-hydrogen) atoms. The normalized spacial score (nSPS) is 28.8. The summed E-state index contributed by atoms with van der Waals surface area (Å²) in [6.07, 6.45) is 1.90. The summed E-state index contributed by atoms with van der Waals surface area (Å²) in [5, 5.41) is 10.0. The molecule has 2 aliphatic rings. The molecule has 0 amide bonds. The van der Waals surface area contributed by atoms with Crippen molar-refractivity contribution in [3.63, 3.8) is 0 Å². The van der Waals surface area contributed by atoms with Crippen LogP contribution in [0.3, 0.4) is 0 Å². The predicted octanol–water partition coefficient (Wildman–Crippen LogP) is 2.05. The lowest BCUT2D eigenvalue weighted by Gasteiger charge is -2.24. The van der Waals surface area contributed by atoms with Crippen molar-refractivity contribution in [3.05, 3.63) is 12.1 Å². The maximum Gasteiger partial charge on any atom is 0.239 e. The van der Waals surface area contributed by atoms with Crippen molar-refractivity contribution in [3.8, 4) is 5.88 Å². The van der Waals surface area contributed by atoms with Gasteiger partial charge in [0.05, 0.1) is 11.8 Å². The highest BCUT2D eigenvalue weighted by atomic mass is 16.5. The topological polar surface area (TPSA) is 71.6 Å². The Balaban J connectivity index is 1.79. The number of pyridine rings is 1. The fraction of sp³-hybridized carbons (Fsp3) is 0.688. The van der Waals surface area contributed by atoms with E-state index >= 15 is 0 Å². The minimum absolute atomic E-state index is 0.154. The van der Waals surface area contributed by atoms with Gasteiger partial charge in [0.2, 0.25) is 5.88 Å². The third-order valence-electron chi connectivity index (χ3n) is 4.42. The summed E-state index contributed by atoms with van der Waals surface area (Å²) in [7, 11) is 0. The van der Waals surface area contributed by atoms with Crippen LogP contribution in [-0.4, -0.2) is 34.9 Å². The van der Waals surface area contributed by atoms with E-state index in [1.54, 1.807) is 0 Å². The molecular weight excluding hydrogens is 266 g/mol. The first kappa shape index (κ1) is 14.4. The van der Waals surface area contributed by atoms with Gasteiger partial charge in [-0.1, -0.05) is 0 Å². The van der Waals surface area contributed by atoms with Crippen LogP contribution in [0.2, 0.25) is 0 Å². The second-order valence-corrected chi connectivity index (χ2v) is 7.25. The number of ether oxygens (including phenoxy) is 1. The fourth-order valence-corrected chi connectivity index (χ4v) is 3.41. The Bertz CT molecular complexity index is 527. The van der Waals surface area contributed by atoms with Crippen LogP contribution >= 0.6 is 0 Å². The van der Waals surface area contributed by atoms with Gasteiger partial charge in [0.15, 0.2) is 0 Å². The minimum atomic E-state index is -0.322. The van der Waals surface area contributed by atoms with Gasteiger partial charge in [0, 0.05) is 19.0 Å². The number of nitrogen functional groups attached to an aromatic ring is 1. The number of hydrogen-bond donors (Lipinski definition) is 2. The number of nitrogens with zero attached hydrogens (tertiary/aromatic N) is 2. The van der Waals surface area contributed by atoms with E-state index in [0.29, 0.717) is 23.4 Å². The second kappa shape index (κ2) is 5.05. The molecule has 3 atom stereocenters. The Hall–Kier alpha value is -1.49. The lowest BCUT2D eigenvalue weighted by Crippen LogP contribution is -2.27. The number of fused-ring (bicyclic) bond motifs is 1. The van der Waals surface area contributed by atoms with Crippen LogP contribution in [0.25, 0.3) is 0 Å². The van der Waals surface area contributed by atoms with Crippen molar-refractivity contribution in [1.29, 1.82) is 0 Å². The Morgan fingerprint density at radius 3 is 2.71 bits per heavy atom. The minimum Gasteiger partial charge on any atom is -0.470 e. The highest BCUT2D eigenvalue weighted by Gasteiger charge is 2.42. The van der Waals surface area contributed by atoms with E-state index in [4.69, 9.17) is 10.5 Å². The largest absolute Gasteiger partial charge is 0.470 e. The van der Waals surface area contributed by atoms with Crippen molar-refractivity contribution in [1.82, 2.24) is 4.98 Å². The van der Waals surface area contributed by atoms with Crippen LogP contribution in [0.5, 0.6) is 5.88 Å². The Morgan fingerprint density at radius 1 is 1.29 bits per heavy atom. The molecule has 1 saturated carbocycles. The number of nitrogens with two attached hydrogens (primary N) is 1. The number of anilines is 2. The monoisotopic (exact) mass is 291 g/mol. The molecule has 0 radical (unpaired) electrons. The van der Waals surface area contributed by atoms with Gasteiger partial charge in [-0.25, -0.2) is 0 Å². The van der Waals surface area contributed by atoms with Crippen LogP contribution in [0.1, 0.15) is 33.6 Å². The molecule has 2 fully saturated rings. The smallest absolute Gasteiger partial charge is 0.239 e. The number of aromatic nitrogens is 1. The molecule has 3 rings (SSSR count). The zero-order chi connectivity index (χ0) is 15.2. The highest BCUT2D eigenvalue weighted by molar-refractivity contribution is 5.55. The van der Waals surface area contributed by atoms with Gasteiger partial charge in [-0.3, -0.25) is 0 Å². The number of aliphatic hydroxyl groups excluding tert-OH is 1. The molecule has 1 saturated heterocycles. The van der Waals surface area contributed by atoms with E-state index < -0.39 is 0 Å². The van der Waals surface area contributed by atoms with Gasteiger partial charge in [-0.15, -0.1) is 0 Å². The van der Waals surface area contributed by atoms with E-state index in [2.05, 4.69) is 9.88 Å². The summed E-state index contributed by atoms with van der Waals surface area (Å²) < 4.78 is 5.84. The van der Waals surface area contributed by atoms with Gasteiger partial charge >= 0.3 is 0 Å². The SMILES string of the molecule is CC(C)(C)Oc1nc(N2CC3CCC(O)C3C2)ccc1N. The molecule has 0 aromatic carbocycles. The van der Waals surface area contributed by atoms with Gasteiger partial charge in [-0.2, -0.15) is 4.98 Å². The lowest BCUT2D eigenvalue weighted by molar-refractivity contribution is 0.125. The zero-order valence-electron chi connectivity index (χ0n) is 13.0. The molecule has 3 unspecified atom stereocenters. The quantitative estimate of drug-likeness (QED) is 0.872. The molecule has 5 heteroatoms. The van der Waals surface area contributed by atoms with Gasteiger partial charge in [0.1, 0.15) is 11.4 Å². The summed E-state index contributed by atoms with van der Waals surface area (Å²) in [6, 6.07) is 3.80. The lowest BCUT2D eigenvalue weighted by atomic mass is 10.00. The molecule has 5 nitrogen and oxygen atoms in total. The Morgan fingerprint density at radius 2 is 2.05 bits per heavy atom. The van der Waals surface area contributed by atoms with Crippen molar-refractivity contribution in [2.75, 3.05) is 23.7 Å². The molecule has 0 spiro atoms. The summed E-state index contributed by atoms with van der Waals surface area (Å²) in [6.45, 7) is 7.79. The van der Waals surface area contributed by atoms with Gasteiger partial charge < -0.3 is 20.5 Å². The molecular formula is C16H25N3O2. The van der Waals surface area contributed by atoms with E-state index in [0.717, 1.165) is 31.7 Å². The van der Waals surface area contributed by atoms with Crippen molar-refractivity contribution >= 4 is 11.5 Å². The molecule has 1 aromatic heterocycles. The van der Waals surface area contributed by atoms with Gasteiger partial charge in [0.25, 0.3) is 0 Å². The standard InChI is InChI=1S/C16H25N3O2/c1-16(2,3)21-15-12(17)5-7-14(18-15)19-8-10-4-6-13(20)11(10)9-19/h5,7,10-11,13,20H,4,6,8-9,17H2,1-3H3. The Labute approximate surface area is 126 Å². The summed E-state index contributed by atoms with van der Waals surface area (Å²) in [4.78, 5) is 6.83. The van der Waals surface area contributed by atoms with Crippen molar-refractivity contribution < 1.29 is 9.84 Å². The molecule has 1 aromatic rings. The second-order valence-electron chi connectivity index (χ2n) is 7.25. The van der Waals surface area contributed by atoms with Crippen LogP contribution in [-0.2, 0) is 0 Å². The first-order chi connectivity index (χ1) is 9.83. The van der Waals surface area contributed by atoms with E-state index in [-0.39, 0.29) is 11.7 Å². The molecule has 0 bridgehead atoms. The summed E-state index contributed by atoms with van der Waals surface area (Å²) in [5.41, 5.74) is 6.20. The summed E-state index contributed by atoms with van der Waals surface area (Å²) >= 11 is 0. The molecule has 3 N–H and O–H groups in total. The maximum atomic E-state index is 10.0. The average molecular weight is 291 g/mol. The van der Waals surface area contributed by atoms with E-state index in [1.807, 2.05) is 32.9 Å². The molecule has 116 valence electrons. The average Bonchev–Trinajstić information content (AvgIpc) is 2.93. The predicted molar refractivity (Wildman–Crippen MR) is 83.5 cm³/mol. The maximum absolute atomic E-state index is 10.0. The van der Waals surface area contributed by atoms with Crippen LogP contribution < -0.4 is 15.4 Å². The number of rotatable bonds is 2. The number of aliphatic hydroxyl groups is 1. The fourth-order valence-electron chi connectivity index (χ4n) is 3.41. The van der Waals surface area contributed by atoms with Crippen LogP contribution in [0, 0.1) is 11.8 Å². The van der Waals surface area contributed by atoms with Crippen molar-refractivity contribution in [2.24, 2.45) is 11.8 Å².